The number of carbonyl (C=O) groups is 3. The Morgan fingerprint density at radius 2 is 1.74 bits per heavy atom. The molecule has 0 unspecified atom stereocenters. The first-order chi connectivity index (χ1) is 14.7. The summed E-state index contributed by atoms with van der Waals surface area (Å²) in [7, 11) is 0. The van der Waals surface area contributed by atoms with Crippen molar-refractivity contribution in [1.82, 2.24) is 4.98 Å². The second kappa shape index (κ2) is 11.1. The van der Waals surface area contributed by atoms with E-state index in [1.54, 1.807) is 18.7 Å². The summed E-state index contributed by atoms with van der Waals surface area (Å²) >= 11 is 0. The van der Waals surface area contributed by atoms with Gasteiger partial charge in [-0.2, -0.15) is 0 Å². The zero-order valence-electron chi connectivity index (χ0n) is 19.2. The van der Waals surface area contributed by atoms with E-state index in [0.29, 0.717) is 31.6 Å². The molecule has 0 radical (unpaired) electrons. The third kappa shape index (κ3) is 7.22. The Bertz CT molecular complexity index is 769. The lowest BCUT2D eigenvalue weighted by Crippen LogP contribution is -2.40. The molecule has 0 aliphatic carbocycles. The molecule has 1 amide bonds. The number of hydrogen-bond donors (Lipinski definition) is 0. The molecule has 0 bridgehead atoms. The first-order valence-electron chi connectivity index (χ1n) is 11.0. The van der Waals surface area contributed by atoms with Gasteiger partial charge in [0.1, 0.15) is 11.4 Å². The highest BCUT2D eigenvalue weighted by molar-refractivity contribution is 5.94. The van der Waals surface area contributed by atoms with Gasteiger partial charge in [0.15, 0.2) is 5.92 Å². The maximum Gasteiger partial charge on any atom is 0.416 e. The van der Waals surface area contributed by atoms with Crippen LogP contribution in [0, 0.1) is 5.92 Å². The van der Waals surface area contributed by atoms with Crippen LogP contribution in [0.5, 0.6) is 0 Å². The van der Waals surface area contributed by atoms with Crippen molar-refractivity contribution in [2.75, 3.05) is 24.7 Å². The van der Waals surface area contributed by atoms with Gasteiger partial charge in [-0.05, 0) is 78.4 Å². The lowest BCUT2D eigenvalue weighted by molar-refractivity contribution is -0.161. The van der Waals surface area contributed by atoms with Crippen LogP contribution in [0.4, 0.5) is 10.6 Å². The summed E-state index contributed by atoms with van der Waals surface area (Å²) in [4.78, 5) is 43.2. The van der Waals surface area contributed by atoms with Crippen LogP contribution in [0.1, 0.15) is 65.1 Å². The van der Waals surface area contributed by atoms with Crippen LogP contribution in [0.25, 0.3) is 0 Å². The van der Waals surface area contributed by atoms with Crippen molar-refractivity contribution in [3.8, 4) is 0 Å². The number of aromatic nitrogens is 1. The Kier molecular flexibility index (Phi) is 8.83. The van der Waals surface area contributed by atoms with Crippen molar-refractivity contribution < 1.29 is 28.6 Å². The molecule has 1 aromatic rings. The molecule has 1 aromatic heterocycles. The van der Waals surface area contributed by atoms with Crippen LogP contribution in [0.3, 0.4) is 0 Å². The Morgan fingerprint density at radius 1 is 1.10 bits per heavy atom. The molecule has 0 atom stereocenters. The Labute approximate surface area is 184 Å². The van der Waals surface area contributed by atoms with E-state index in [2.05, 4.69) is 0 Å². The summed E-state index contributed by atoms with van der Waals surface area (Å²) in [5, 5.41) is 0. The predicted octanol–water partition coefficient (Wildman–Crippen LogP) is 3.83. The molecule has 0 fully saturated rings. The SMILES string of the molecule is CCOC(=O)C(CCCc1ccc2c(n1)N(C(=O)OC(C)(C)C)CCC2)C(=O)OCC. The van der Waals surface area contributed by atoms with Crippen molar-refractivity contribution in [3.63, 3.8) is 0 Å². The molecule has 8 heteroatoms. The van der Waals surface area contributed by atoms with Crippen LogP contribution in [0.2, 0.25) is 0 Å². The number of carbonyl (C=O) groups excluding carboxylic acids is 3. The monoisotopic (exact) mass is 434 g/mol. The third-order valence-electron chi connectivity index (χ3n) is 4.78. The number of anilines is 1. The molecule has 0 N–H and O–H groups in total. The fraction of sp³-hybridized carbons (Fsp3) is 0.652. The number of fused-ring (bicyclic) bond motifs is 1. The van der Waals surface area contributed by atoms with E-state index in [-0.39, 0.29) is 13.2 Å². The maximum absolute atomic E-state index is 12.6. The van der Waals surface area contributed by atoms with Gasteiger partial charge < -0.3 is 14.2 Å². The van der Waals surface area contributed by atoms with Crippen molar-refractivity contribution in [1.29, 1.82) is 0 Å². The van der Waals surface area contributed by atoms with E-state index in [4.69, 9.17) is 19.2 Å². The highest BCUT2D eigenvalue weighted by Crippen LogP contribution is 2.27. The van der Waals surface area contributed by atoms with Crippen molar-refractivity contribution >= 4 is 23.8 Å². The molecule has 2 heterocycles. The number of nitrogens with zero attached hydrogens (tertiary/aromatic N) is 2. The zero-order chi connectivity index (χ0) is 23.0. The lowest BCUT2D eigenvalue weighted by atomic mass is 10.00. The minimum absolute atomic E-state index is 0.210. The predicted molar refractivity (Wildman–Crippen MR) is 116 cm³/mol. The molecule has 0 spiro atoms. The lowest BCUT2D eigenvalue weighted by Gasteiger charge is -2.31. The molecule has 31 heavy (non-hydrogen) atoms. The van der Waals surface area contributed by atoms with E-state index < -0.39 is 29.6 Å². The second-order valence-corrected chi connectivity index (χ2v) is 8.47. The fourth-order valence-corrected chi connectivity index (χ4v) is 3.42. The van der Waals surface area contributed by atoms with Crippen LogP contribution in [-0.4, -0.2) is 48.4 Å². The van der Waals surface area contributed by atoms with Crippen molar-refractivity contribution in [2.24, 2.45) is 5.92 Å². The summed E-state index contributed by atoms with van der Waals surface area (Å²) in [5.41, 5.74) is 1.22. The van der Waals surface area contributed by atoms with E-state index in [1.807, 2.05) is 32.9 Å². The molecular weight excluding hydrogens is 400 g/mol. The summed E-state index contributed by atoms with van der Waals surface area (Å²) in [6, 6.07) is 3.92. The van der Waals surface area contributed by atoms with Gasteiger partial charge in [0, 0.05) is 12.2 Å². The van der Waals surface area contributed by atoms with Gasteiger partial charge in [-0.1, -0.05) is 6.07 Å². The number of pyridine rings is 1. The number of esters is 2. The standard InChI is InChI=1S/C23H34N2O6/c1-6-29-20(26)18(21(27)30-7-2)12-8-11-17-14-13-16-10-9-15-25(19(16)24-17)22(28)31-23(3,4)5/h13-14,18H,6-12,15H2,1-5H3. The minimum atomic E-state index is -0.934. The topological polar surface area (TPSA) is 95.0 Å². The largest absolute Gasteiger partial charge is 0.465 e. The molecule has 0 saturated carbocycles. The van der Waals surface area contributed by atoms with Crippen LogP contribution in [0.15, 0.2) is 12.1 Å². The molecule has 8 nitrogen and oxygen atoms in total. The van der Waals surface area contributed by atoms with Gasteiger partial charge in [-0.3, -0.25) is 14.5 Å². The summed E-state index contributed by atoms with van der Waals surface area (Å²) in [6.45, 7) is 9.89. The van der Waals surface area contributed by atoms with Crippen molar-refractivity contribution in [2.45, 2.75) is 72.3 Å². The number of hydrogen-bond acceptors (Lipinski definition) is 7. The minimum Gasteiger partial charge on any atom is -0.465 e. The van der Waals surface area contributed by atoms with Crippen molar-refractivity contribution in [3.05, 3.63) is 23.4 Å². The van der Waals surface area contributed by atoms with Gasteiger partial charge >= 0.3 is 18.0 Å². The molecule has 172 valence electrons. The maximum atomic E-state index is 12.6. The van der Waals surface area contributed by atoms with E-state index in [9.17, 15) is 14.4 Å². The average molecular weight is 435 g/mol. The smallest absolute Gasteiger partial charge is 0.416 e. The number of ether oxygens (including phenoxy) is 3. The van der Waals surface area contributed by atoms with Gasteiger partial charge in [-0.25, -0.2) is 9.78 Å². The Hall–Kier alpha value is -2.64. The summed E-state index contributed by atoms with van der Waals surface area (Å²) < 4.78 is 15.6. The van der Waals surface area contributed by atoms with E-state index >= 15 is 0 Å². The third-order valence-corrected chi connectivity index (χ3v) is 4.78. The Morgan fingerprint density at radius 3 is 2.32 bits per heavy atom. The number of rotatable bonds is 8. The quantitative estimate of drug-likeness (QED) is 0.348. The van der Waals surface area contributed by atoms with Crippen LogP contribution in [-0.2, 0) is 36.6 Å². The molecule has 0 aromatic carbocycles. The zero-order valence-corrected chi connectivity index (χ0v) is 19.2. The number of amides is 1. The van der Waals surface area contributed by atoms with Gasteiger partial charge in [0.25, 0.3) is 0 Å². The van der Waals surface area contributed by atoms with Gasteiger partial charge in [-0.15, -0.1) is 0 Å². The van der Waals surface area contributed by atoms with Gasteiger partial charge in [0.05, 0.1) is 13.2 Å². The van der Waals surface area contributed by atoms with Crippen LogP contribution >= 0.6 is 0 Å². The molecule has 0 saturated heterocycles. The average Bonchev–Trinajstić information content (AvgIpc) is 2.69. The summed E-state index contributed by atoms with van der Waals surface area (Å²) in [6.07, 6.45) is 2.74. The second-order valence-electron chi connectivity index (χ2n) is 8.47. The first kappa shape index (κ1) is 24.6. The van der Waals surface area contributed by atoms with E-state index in [0.717, 1.165) is 24.1 Å². The summed E-state index contributed by atoms with van der Waals surface area (Å²) in [5.74, 6) is -1.42. The highest BCUT2D eigenvalue weighted by atomic mass is 16.6. The normalized spacial score (nSPS) is 13.5. The van der Waals surface area contributed by atoms with Crippen LogP contribution < -0.4 is 4.90 Å². The molecular formula is C23H34N2O6. The van der Waals surface area contributed by atoms with E-state index in [1.165, 1.54) is 0 Å². The molecule has 2 rings (SSSR count). The highest BCUT2D eigenvalue weighted by Gasteiger charge is 2.30. The molecule has 1 aliphatic heterocycles. The fourth-order valence-electron chi connectivity index (χ4n) is 3.42. The first-order valence-corrected chi connectivity index (χ1v) is 11.0. The molecule has 1 aliphatic rings. The van der Waals surface area contributed by atoms with Gasteiger partial charge in [0.2, 0.25) is 0 Å². The Balaban J connectivity index is 2.07. The number of aryl methyl sites for hydroxylation is 2.